The van der Waals surface area contributed by atoms with Gasteiger partial charge in [0, 0.05) is 49.4 Å². The molecule has 2 N–H and O–H groups in total. The Kier molecular flexibility index (Phi) is 9.16. The van der Waals surface area contributed by atoms with Gasteiger partial charge in [-0.15, -0.1) is 20.1 Å². The number of hydrogen-bond donors (Lipinski definition) is 1. The topological polar surface area (TPSA) is 73.4 Å². The van der Waals surface area contributed by atoms with E-state index in [2.05, 4.69) is 20.4 Å². The molecule has 1 aliphatic heterocycles. The molecule has 2 aromatic rings. The number of carbonyl (C=O) groups excluding carboxylic acids is 1. The summed E-state index contributed by atoms with van der Waals surface area (Å²) >= 11 is 0. The van der Waals surface area contributed by atoms with Crippen LogP contribution in [0.15, 0.2) is 18.2 Å². The molecule has 2 fully saturated rings. The number of amides is 1. The van der Waals surface area contributed by atoms with E-state index in [4.69, 9.17) is 10.5 Å². The van der Waals surface area contributed by atoms with Crippen molar-refractivity contribution in [3.05, 3.63) is 46.8 Å². The number of nitrogens with two attached hydrogens (primary N) is 1. The first-order chi connectivity index (χ1) is 16.0. The second-order valence-corrected chi connectivity index (χ2v) is 10.5. The summed E-state index contributed by atoms with van der Waals surface area (Å²) in [5, 5.41) is 5.39. The summed E-state index contributed by atoms with van der Waals surface area (Å²) in [5.41, 5.74) is 8.14. The number of carbonyl (C=O) groups is 1. The van der Waals surface area contributed by atoms with Gasteiger partial charge in [-0.1, -0.05) is 6.92 Å². The van der Waals surface area contributed by atoms with Crippen molar-refractivity contribution in [3.8, 4) is 0 Å². The summed E-state index contributed by atoms with van der Waals surface area (Å²) < 4.78 is 36.0. The smallest absolute Gasteiger partial charge is 0.286 e. The zero-order valence-electron chi connectivity index (χ0n) is 20.5. The minimum absolute atomic E-state index is 0. The van der Waals surface area contributed by atoms with Gasteiger partial charge in [0.05, 0.1) is 17.8 Å². The Morgan fingerprint density at radius 3 is 2.66 bits per heavy atom. The van der Waals surface area contributed by atoms with E-state index >= 15 is 0 Å². The number of ether oxygens (including phenoxy) is 1. The second kappa shape index (κ2) is 11.4. The van der Waals surface area contributed by atoms with E-state index in [-0.39, 0.29) is 59.6 Å². The molecule has 1 saturated heterocycles. The van der Waals surface area contributed by atoms with Crippen molar-refractivity contribution in [2.45, 2.75) is 83.0 Å². The average Bonchev–Trinajstić information content (AvgIpc) is 3.34. The third-order valence-corrected chi connectivity index (χ3v) is 6.80. The van der Waals surface area contributed by atoms with E-state index in [0.29, 0.717) is 25.3 Å². The number of likely N-dealkylation sites (tertiary alicyclic amines) is 1. The number of halogens is 2. The summed E-state index contributed by atoms with van der Waals surface area (Å²) in [6.07, 6.45) is 3.07. The Hall–Kier alpha value is -1.36. The minimum Gasteiger partial charge on any atom is -0.376 e. The van der Waals surface area contributed by atoms with Gasteiger partial charge in [-0.2, -0.15) is 37.6 Å². The molecule has 0 bridgehead atoms. The van der Waals surface area contributed by atoms with Crippen LogP contribution in [-0.2, 0) is 39.4 Å². The van der Waals surface area contributed by atoms with E-state index in [9.17, 15) is 13.6 Å². The predicted octanol–water partition coefficient (Wildman–Crippen LogP) is 3.57. The van der Waals surface area contributed by atoms with Crippen LogP contribution in [0.4, 0.5) is 8.78 Å². The van der Waals surface area contributed by atoms with Gasteiger partial charge in [-0.3, -0.25) is 9.48 Å². The number of nitrogens with zero attached hydrogens (tertiary/aromatic N) is 3. The van der Waals surface area contributed by atoms with E-state index in [1.54, 1.807) is 4.90 Å². The van der Waals surface area contributed by atoms with Crippen molar-refractivity contribution in [3.63, 3.8) is 0 Å². The molecule has 6 nitrogen and oxygen atoms in total. The van der Waals surface area contributed by atoms with Gasteiger partial charge < -0.3 is 15.4 Å². The first kappa shape index (κ1) is 28.2. The fourth-order valence-corrected chi connectivity index (χ4v) is 5.06. The molecule has 4 rings (SSSR count). The molecule has 1 aromatic carbocycles. The predicted molar refractivity (Wildman–Crippen MR) is 130 cm³/mol. The molecule has 2 unspecified atom stereocenters. The maximum absolute atomic E-state index is 14.3. The molecule has 4 atom stereocenters. The van der Waals surface area contributed by atoms with Crippen molar-refractivity contribution in [1.29, 1.82) is 0 Å². The molecular formula is C25H34CrF2N4O2P-. The molecule has 2 heterocycles. The number of alkyl halides is 2. The average molecular weight is 544 g/mol. The van der Waals surface area contributed by atoms with Gasteiger partial charge in [-0.25, -0.2) is 0 Å². The zero-order valence-corrected chi connectivity index (χ0v) is 22.9. The fourth-order valence-electron chi connectivity index (χ4n) is 4.63. The summed E-state index contributed by atoms with van der Waals surface area (Å²) in [6.45, 7) is 5.49. The largest absolute Gasteiger partial charge is 0.376 e. The van der Waals surface area contributed by atoms with E-state index < -0.39 is 5.92 Å². The van der Waals surface area contributed by atoms with E-state index in [1.807, 2.05) is 26.0 Å². The Balaban J connectivity index is 0.00000342. The molecule has 10 heteroatoms. The summed E-state index contributed by atoms with van der Waals surface area (Å²) in [4.78, 5) is 15.2. The number of rotatable bonds is 9. The van der Waals surface area contributed by atoms with Crippen LogP contribution in [0, 0.1) is 13.0 Å². The summed E-state index contributed by atoms with van der Waals surface area (Å²) in [5.74, 6) is -3.10. The summed E-state index contributed by atoms with van der Waals surface area (Å²) in [7, 11) is 2.69. The number of hydrogen-bond acceptors (Lipinski definition) is 4. The van der Waals surface area contributed by atoms with Crippen LogP contribution in [-0.4, -0.2) is 45.9 Å². The Labute approximate surface area is 219 Å². The number of aryl methyl sites for hydroxylation is 1. The van der Waals surface area contributed by atoms with Crippen molar-refractivity contribution >= 4 is 20.5 Å². The zero-order chi connectivity index (χ0) is 24.6. The first-order valence-electron chi connectivity index (χ1n) is 11.9. The molecule has 1 amide bonds. The van der Waals surface area contributed by atoms with Gasteiger partial charge in [-0.05, 0) is 38.7 Å². The van der Waals surface area contributed by atoms with Crippen molar-refractivity contribution in [1.82, 2.24) is 14.7 Å². The second-order valence-electron chi connectivity index (χ2n) is 9.82. The molecule has 192 valence electrons. The van der Waals surface area contributed by atoms with Gasteiger partial charge in [0.15, 0.2) is 0 Å². The van der Waals surface area contributed by atoms with Crippen LogP contribution in [0.5, 0.6) is 0 Å². The van der Waals surface area contributed by atoms with Crippen LogP contribution in [0.3, 0.4) is 0 Å². The van der Waals surface area contributed by atoms with Gasteiger partial charge in [0.1, 0.15) is 12.2 Å². The maximum atomic E-state index is 14.3. The normalized spacial score (nSPS) is 21.2. The van der Waals surface area contributed by atoms with Crippen LogP contribution in [0.1, 0.15) is 74.0 Å². The monoisotopic (exact) mass is 543 g/mol. The molecule has 2 aliphatic rings. The third kappa shape index (κ3) is 6.90. The first-order valence-corrected chi connectivity index (χ1v) is 12.5. The van der Waals surface area contributed by atoms with Crippen LogP contribution >= 0.6 is 9.24 Å². The minimum atomic E-state index is -3.08. The Morgan fingerprint density at radius 2 is 2.06 bits per heavy atom. The van der Waals surface area contributed by atoms with E-state index in [0.717, 1.165) is 42.6 Å². The Morgan fingerprint density at radius 1 is 1.34 bits per heavy atom. The maximum Gasteiger partial charge on any atom is 0.286 e. The molecular weight excluding hydrogens is 509 g/mol. The third-order valence-electron chi connectivity index (χ3n) is 6.46. The van der Waals surface area contributed by atoms with Crippen molar-refractivity contribution in [2.75, 3.05) is 13.2 Å². The van der Waals surface area contributed by atoms with Crippen molar-refractivity contribution in [2.24, 2.45) is 5.73 Å². The molecule has 0 radical (unpaired) electrons. The standard InChI is InChI=1S/C25H34F2N4O2P.Cr/c1-15-10-18(12-19(34)11-15)24-21(33-9-7-16(2)28)6-8-30(24)23(32)14-31-22(25(3,26)27)13-20(29-31)17-4-5-17;/h11-13,16-17,21,24H,4-9,14,28,34H2,1-3H3;/q-1;/t16?,21-,24-;/m1./s1. The van der Waals surface area contributed by atoms with E-state index in [1.165, 1.54) is 10.7 Å². The van der Waals surface area contributed by atoms with Gasteiger partial charge >= 0.3 is 0 Å². The molecule has 35 heavy (non-hydrogen) atoms. The number of benzene rings is 1. The molecule has 1 saturated carbocycles. The van der Waals surface area contributed by atoms with Crippen LogP contribution in [0.25, 0.3) is 0 Å². The van der Waals surface area contributed by atoms with Crippen LogP contribution in [0.2, 0.25) is 0 Å². The van der Waals surface area contributed by atoms with Crippen LogP contribution < -0.4 is 11.0 Å². The molecule has 0 spiro atoms. The van der Waals surface area contributed by atoms with Gasteiger partial charge in [0.2, 0.25) is 5.91 Å². The summed E-state index contributed by atoms with van der Waals surface area (Å²) in [6, 6.07) is 8.50. The van der Waals surface area contributed by atoms with Gasteiger partial charge in [0.25, 0.3) is 5.92 Å². The molecule has 1 aromatic heterocycles. The SMILES string of the molecule is Cc1[c-]c([C@@H]2[C@H](OCCC(C)N)CCN2C(=O)Cn2nc(C3CC3)cc2C(C)(F)F)cc(P)c1.[Cr]. The Bertz CT molecular complexity index is 1020. The quantitative estimate of drug-likeness (QED) is 0.388. The van der Waals surface area contributed by atoms with Crippen molar-refractivity contribution < 1.29 is 35.7 Å². The molecule has 1 aliphatic carbocycles. The number of aromatic nitrogens is 2. The fraction of sp³-hybridized carbons (Fsp3) is 0.600.